The summed E-state index contributed by atoms with van der Waals surface area (Å²) in [6.07, 6.45) is 0.747. The number of benzene rings is 3. The molecular weight excluding hydrogens is 547 g/mol. The van der Waals surface area contributed by atoms with Gasteiger partial charge in [-0.3, -0.25) is 14.5 Å². The van der Waals surface area contributed by atoms with Crippen molar-refractivity contribution in [2.24, 2.45) is 0 Å². The first-order valence-electron chi connectivity index (χ1n) is 12.3. The van der Waals surface area contributed by atoms with Crippen LogP contribution in [0.25, 0.3) is 33.4 Å². The van der Waals surface area contributed by atoms with E-state index < -0.39 is 17.3 Å². The number of carboxylic acid groups (broad SMARTS) is 1. The highest BCUT2D eigenvalue weighted by atomic mass is 35.5. The molecule has 11 heteroatoms. The smallest absolute Gasteiger partial charge is 0.336 e. The Morgan fingerprint density at radius 1 is 1.00 bits per heavy atom. The van der Waals surface area contributed by atoms with Crippen molar-refractivity contribution in [1.29, 1.82) is 0 Å². The van der Waals surface area contributed by atoms with Gasteiger partial charge in [0.2, 0.25) is 5.43 Å². The number of ether oxygens (including phenoxy) is 1. The molecule has 202 valence electrons. The summed E-state index contributed by atoms with van der Waals surface area (Å²) in [6, 6.07) is 9.71. The Labute approximate surface area is 232 Å². The molecule has 0 spiro atoms. The van der Waals surface area contributed by atoms with Crippen molar-refractivity contribution >= 4 is 46.0 Å². The Morgan fingerprint density at radius 2 is 1.77 bits per heavy atom. The highest BCUT2D eigenvalue weighted by Gasteiger charge is 2.24. The van der Waals surface area contributed by atoms with E-state index in [4.69, 9.17) is 32.4 Å². The van der Waals surface area contributed by atoms with Crippen LogP contribution in [0.15, 0.2) is 51.7 Å². The van der Waals surface area contributed by atoms with E-state index in [1.165, 1.54) is 42.5 Å². The zero-order chi connectivity index (χ0) is 27.7. The van der Waals surface area contributed by atoms with Crippen LogP contribution in [0, 0.1) is 0 Å². The maximum absolute atomic E-state index is 12.9. The molecule has 1 fully saturated rings. The molecule has 9 nitrogen and oxygen atoms in total. The number of hydrogen-bond donors (Lipinski definition) is 3. The second kappa shape index (κ2) is 11.2. The second-order valence-electron chi connectivity index (χ2n) is 9.18. The van der Waals surface area contributed by atoms with Crippen molar-refractivity contribution in [2.45, 2.75) is 6.42 Å². The molecule has 0 bridgehead atoms. The van der Waals surface area contributed by atoms with Crippen molar-refractivity contribution in [3.63, 3.8) is 0 Å². The molecule has 2 aromatic rings. The van der Waals surface area contributed by atoms with Gasteiger partial charge in [0, 0.05) is 53.8 Å². The first kappa shape index (κ1) is 27.0. The molecule has 0 radical (unpaired) electrons. The highest BCUT2D eigenvalue weighted by Crippen LogP contribution is 2.44. The summed E-state index contributed by atoms with van der Waals surface area (Å²) in [5.41, 5.74) is 0.758. The fraction of sp³-hybridized carbons (Fsp3) is 0.250. The van der Waals surface area contributed by atoms with Crippen molar-refractivity contribution in [1.82, 2.24) is 10.2 Å². The number of phenols is 1. The van der Waals surface area contributed by atoms with Gasteiger partial charge in [-0.2, -0.15) is 0 Å². The first-order chi connectivity index (χ1) is 18.7. The number of carbonyl (C=O) groups excluding carboxylic acids is 1. The van der Waals surface area contributed by atoms with Crippen LogP contribution in [0.5, 0.6) is 5.75 Å². The van der Waals surface area contributed by atoms with Crippen molar-refractivity contribution in [3.05, 3.63) is 73.9 Å². The van der Waals surface area contributed by atoms with Gasteiger partial charge in [-0.15, -0.1) is 0 Å². The number of nitrogens with one attached hydrogen (secondary N) is 1. The third kappa shape index (κ3) is 5.58. The minimum absolute atomic E-state index is 0.0230. The number of aromatic carboxylic acids is 1. The second-order valence-corrected chi connectivity index (χ2v) is 10.00. The van der Waals surface area contributed by atoms with Crippen molar-refractivity contribution in [2.75, 3.05) is 39.4 Å². The van der Waals surface area contributed by atoms with E-state index in [1.54, 1.807) is 0 Å². The monoisotopic (exact) mass is 570 g/mol. The van der Waals surface area contributed by atoms with Gasteiger partial charge in [0.05, 0.1) is 28.8 Å². The number of phenolic OH excluding ortho intramolecular Hbond substituents is 1. The lowest BCUT2D eigenvalue weighted by Crippen LogP contribution is -2.38. The number of rotatable bonds is 7. The Kier molecular flexibility index (Phi) is 7.76. The fourth-order valence-electron chi connectivity index (χ4n) is 4.70. The van der Waals surface area contributed by atoms with Crippen LogP contribution in [0.3, 0.4) is 0 Å². The average Bonchev–Trinajstić information content (AvgIpc) is 2.92. The predicted molar refractivity (Wildman–Crippen MR) is 147 cm³/mol. The van der Waals surface area contributed by atoms with Crippen LogP contribution in [0.2, 0.25) is 10.0 Å². The first-order valence-corrected chi connectivity index (χ1v) is 13.0. The number of carboxylic acids is 1. The Bertz CT molecular complexity index is 1610. The summed E-state index contributed by atoms with van der Waals surface area (Å²) in [5.74, 6) is -1.75. The number of carbonyl (C=O) groups is 2. The topological polar surface area (TPSA) is 129 Å². The predicted octanol–water partition coefficient (Wildman–Crippen LogP) is 4.73. The number of fused-ring (bicyclic) bond motifs is 2. The van der Waals surface area contributed by atoms with E-state index in [9.17, 15) is 24.6 Å². The molecule has 1 aliphatic carbocycles. The standard InChI is InChI=1S/C28H24Cl2N2O7/c29-20-11-18-24(13-22(20)33)39-25-14-23(34)21(30)12-19(25)26(18)16-3-2-15(10-17(16)28(36)37)27(35)31-4-1-5-32-6-8-38-9-7-32/h2-3,10-14,33H,1,4-9H2,(H,31,35)(H,36,37). The maximum Gasteiger partial charge on any atom is 0.336 e. The third-order valence-electron chi connectivity index (χ3n) is 6.66. The molecule has 5 rings (SSSR count). The van der Waals surface area contributed by atoms with Crippen LogP contribution < -0.4 is 10.7 Å². The Balaban J connectivity index is 1.53. The van der Waals surface area contributed by atoms with Gasteiger partial charge >= 0.3 is 5.97 Å². The number of hydrogen-bond acceptors (Lipinski definition) is 7. The molecule has 0 atom stereocenters. The molecule has 2 heterocycles. The van der Waals surface area contributed by atoms with E-state index in [0.717, 1.165) is 26.1 Å². The molecule has 2 aromatic carbocycles. The molecule has 2 aliphatic heterocycles. The van der Waals surface area contributed by atoms with E-state index >= 15 is 0 Å². The quantitative estimate of drug-likeness (QED) is 0.215. The average molecular weight is 571 g/mol. The lowest BCUT2D eigenvalue weighted by molar-refractivity contribution is 0.0374. The van der Waals surface area contributed by atoms with Gasteiger partial charge in [0.25, 0.3) is 5.91 Å². The van der Waals surface area contributed by atoms with E-state index in [1.807, 2.05) is 0 Å². The molecule has 1 saturated heterocycles. The molecule has 0 unspecified atom stereocenters. The Morgan fingerprint density at radius 3 is 2.51 bits per heavy atom. The van der Waals surface area contributed by atoms with Crippen LogP contribution >= 0.6 is 23.2 Å². The largest absolute Gasteiger partial charge is 0.506 e. The summed E-state index contributed by atoms with van der Waals surface area (Å²) in [4.78, 5) is 39.8. The molecule has 1 amide bonds. The Hall–Kier alpha value is -3.63. The number of halogens is 2. The normalized spacial score (nSPS) is 14.1. The third-order valence-corrected chi connectivity index (χ3v) is 7.26. The minimum atomic E-state index is -1.26. The van der Waals surface area contributed by atoms with Gasteiger partial charge in [0.15, 0.2) is 0 Å². The van der Waals surface area contributed by atoms with Crippen molar-refractivity contribution in [3.8, 4) is 28.2 Å². The number of morpholine rings is 1. The highest BCUT2D eigenvalue weighted by molar-refractivity contribution is 6.33. The summed E-state index contributed by atoms with van der Waals surface area (Å²) < 4.78 is 11.2. The van der Waals surface area contributed by atoms with Gasteiger partial charge in [0.1, 0.15) is 17.1 Å². The minimum Gasteiger partial charge on any atom is -0.506 e. The lowest BCUT2D eigenvalue weighted by atomic mass is 9.89. The maximum atomic E-state index is 12.9. The molecule has 3 aliphatic rings. The SMILES string of the molecule is O=C(NCCCN1CCOCC1)c1ccc(-c2c3cc(Cl)c(=O)cc-3oc3cc(O)c(Cl)cc23)c(C(=O)O)c1. The van der Waals surface area contributed by atoms with Gasteiger partial charge in [-0.05, 0) is 42.8 Å². The summed E-state index contributed by atoms with van der Waals surface area (Å²) in [6.45, 7) is 4.39. The van der Waals surface area contributed by atoms with Crippen LogP contribution in [0.4, 0.5) is 0 Å². The number of nitrogens with zero attached hydrogens (tertiary/aromatic N) is 1. The van der Waals surface area contributed by atoms with Crippen LogP contribution in [0.1, 0.15) is 27.1 Å². The molecule has 39 heavy (non-hydrogen) atoms. The van der Waals surface area contributed by atoms with Crippen LogP contribution in [-0.2, 0) is 4.74 Å². The van der Waals surface area contributed by atoms with Gasteiger partial charge in [-0.25, -0.2) is 4.79 Å². The number of amides is 1. The molecule has 0 saturated carbocycles. The molecular formula is C28H24Cl2N2O7. The zero-order valence-corrected chi connectivity index (χ0v) is 22.1. The number of aromatic hydroxyl groups is 1. The van der Waals surface area contributed by atoms with E-state index in [2.05, 4.69) is 10.2 Å². The summed E-state index contributed by atoms with van der Waals surface area (Å²) >= 11 is 12.3. The zero-order valence-electron chi connectivity index (χ0n) is 20.6. The van der Waals surface area contributed by atoms with Crippen LogP contribution in [-0.4, -0.2) is 66.4 Å². The van der Waals surface area contributed by atoms with E-state index in [0.29, 0.717) is 36.3 Å². The van der Waals surface area contributed by atoms with Crippen molar-refractivity contribution < 1.29 is 29.0 Å². The summed E-state index contributed by atoms with van der Waals surface area (Å²) in [5, 5.41) is 23.4. The molecule has 0 aromatic heterocycles. The molecule has 3 N–H and O–H groups in total. The summed E-state index contributed by atoms with van der Waals surface area (Å²) in [7, 11) is 0. The fourth-order valence-corrected chi connectivity index (χ4v) is 5.03. The van der Waals surface area contributed by atoms with E-state index in [-0.39, 0.29) is 43.8 Å². The van der Waals surface area contributed by atoms with Gasteiger partial charge < -0.3 is 24.7 Å². The van der Waals surface area contributed by atoms with Gasteiger partial charge in [-0.1, -0.05) is 29.3 Å². The lowest BCUT2D eigenvalue weighted by Gasteiger charge is -2.26.